The Hall–Kier alpha value is -2.13. The molecule has 2 rings (SSSR count). The number of aromatic nitrogens is 1. The van der Waals surface area contributed by atoms with Gasteiger partial charge in [0.15, 0.2) is 0 Å². The molecule has 0 fully saturated rings. The maximum absolute atomic E-state index is 10.5. The highest BCUT2D eigenvalue weighted by Gasteiger charge is 2.02. The normalized spacial score (nSPS) is 10.8. The molecule has 0 aliphatic carbocycles. The van der Waals surface area contributed by atoms with E-state index in [2.05, 4.69) is 4.98 Å². The standard InChI is InChI=1S/C15H12ClNO2/c1-10-11(5-9-15(18)19)4-8-14(17-10)12-2-6-13(16)7-3-12/h2-9H,1H3,(H,18,19)/b9-5+. The first-order valence-corrected chi connectivity index (χ1v) is 6.08. The number of carboxylic acid groups (broad SMARTS) is 1. The molecule has 0 saturated carbocycles. The summed E-state index contributed by atoms with van der Waals surface area (Å²) in [5.74, 6) is -0.971. The second kappa shape index (κ2) is 5.67. The predicted octanol–water partition coefficient (Wildman–Crippen LogP) is 3.81. The minimum Gasteiger partial charge on any atom is -0.478 e. The number of hydrogen-bond donors (Lipinski definition) is 1. The van der Waals surface area contributed by atoms with Gasteiger partial charge in [-0.3, -0.25) is 4.98 Å². The third kappa shape index (κ3) is 3.42. The average Bonchev–Trinajstić information content (AvgIpc) is 2.38. The highest BCUT2D eigenvalue weighted by atomic mass is 35.5. The summed E-state index contributed by atoms with van der Waals surface area (Å²) >= 11 is 5.84. The van der Waals surface area contributed by atoms with E-state index in [1.165, 1.54) is 6.08 Å². The van der Waals surface area contributed by atoms with Gasteiger partial charge in [0.05, 0.1) is 5.69 Å². The van der Waals surface area contributed by atoms with Gasteiger partial charge in [-0.1, -0.05) is 29.8 Å². The smallest absolute Gasteiger partial charge is 0.328 e. The van der Waals surface area contributed by atoms with Gasteiger partial charge in [-0.05, 0) is 36.8 Å². The minimum atomic E-state index is -0.971. The van der Waals surface area contributed by atoms with Crippen LogP contribution in [0, 0.1) is 6.92 Å². The largest absolute Gasteiger partial charge is 0.478 e. The van der Waals surface area contributed by atoms with E-state index in [-0.39, 0.29) is 0 Å². The number of halogens is 1. The Labute approximate surface area is 116 Å². The van der Waals surface area contributed by atoms with Crippen molar-refractivity contribution in [2.75, 3.05) is 0 Å². The summed E-state index contributed by atoms with van der Waals surface area (Å²) in [6.45, 7) is 1.85. The summed E-state index contributed by atoms with van der Waals surface area (Å²) < 4.78 is 0. The molecule has 1 N–H and O–H groups in total. The molecule has 0 radical (unpaired) electrons. The first-order valence-electron chi connectivity index (χ1n) is 5.71. The van der Waals surface area contributed by atoms with Crippen molar-refractivity contribution in [1.82, 2.24) is 4.98 Å². The number of rotatable bonds is 3. The lowest BCUT2D eigenvalue weighted by Crippen LogP contribution is -1.92. The van der Waals surface area contributed by atoms with Gasteiger partial charge in [0.2, 0.25) is 0 Å². The average molecular weight is 274 g/mol. The first-order chi connectivity index (χ1) is 9.06. The van der Waals surface area contributed by atoms with E-state index in [0.717, 1.165) is 28.6 Å². The van der Waals surface area contributed by atoms with Gasteiger partial charge in [0.1, 0.15) is 0 Å². The van der Waals surface area contributed by atoms with Crippen molar-refractivity contribution in [3.63, 3.8) is 0 Å². The van der Waals surface area contributed by atoms with Crippen LogP contribution in [0.15, 0.2) is 42.5 Å². The molecule has 0 aliphatic heterocycles. The van der Waals surface area contributed by atoms with Gasteiger partial charge in [0.25, 0.3) is 0 Å². The number of pyridine rings is 1. The summed E-state index contributed by atoms with van der Waals surface area (Å²) in [6, 6.07) is 11.1. The van der Waals surface area contributed by atoms with Crippen LogP contribution in [0.1, 0.15) is 11.3 Å². The van der Waals surface area contributed by atoms with Crippen LogP contribution in [0.3, 0.4) is 0 Å². The van der Waals surface area contributed by atoms with Crippen molar-refractivity contribution in [3.05, 3.63) is 58.8 Å². The molecule has 96 valence electrons. The van der Waals surface area contributed by atoms with E-state index >= 15 is 0 Å². The predicted molar refractivity (Wildman–Crippen MR) is 76.1 cm³/mol. The lowest BCUT2D eigenvalue weighted by molar-refractivity contribution is -0.131. The third-order valence-electron chi connectivity index (χ3n) is 2.67. The summed E-state index contributed by atoms with van der Waals surface area (Å²) in [5.41, 5.74) is 3.38. The monoisotopic (exact) mass is 273 g/mol. The summed E-state index contributed by atoms with van der Waals surface area (Å²) in [7, 11) is 0. The van der Waals surface area contributed by atoms with E-state index in [9.17, 15) is 4.79 Å². The lowest BCUT2D eigenvalue weighted by atomic mass is 10.1. The number of hydrogen-bond acceptors (Lipinski definition) is 2. The number of aliphatic carboxylic acids is 1. The zero-order valence-electron chi connectivity index (χ0n) is 10.3. The van der Waals surface area contributed by atoms with Crippen molar-refractivity contribution in [3.8, 4) is 11.3 Å². The van der Waals surface area contributed by atoms with Crippen LogP contribution < -0.4 is 0 Å². The molecule has 0 amide bonds. The third-order valence-corrected chi connectivity index (χ3v) is 2.92. The Morgan fingerprint density at radius 3 is 2.47 bits per heavy atom. The Balaban J connectivity index is 2.33. The fourth-order valence-electron chi connectivity index (χ4n) is 1.69. The van der Waals surface area contributed by atoms with Gasteiger partial charge in [-0.25, -0.2) is 4.79 Å². The molecule has 4 heteroatoms. The van der Waals surface area contributed by atoms with Crippen molar-refractivity contribution in [2.24, 2.45) is 0 Å². The Morgan fingerprint density at radius 2 is 1.89 bits per heavy atom. The molecule has 1 aromatic heterocycles. The number of carbonyl (C=O) groups is 1. The summed E-state index contributed by atoms with van der Waals surface area (Å²) in [6.07, 6.45) is 2.64. The highest BCUT2D eigenvalue weighted by molar-refractivity contribution is 6.30. The topological polar surface area (TPSA) is 50.2 Å². The van der Waals surface area contributed by atoms with Crippen molar-refractivity contribution in [2.45, 2.75) is 6.92 Å². The van der Waals surface area contributed by atoms with E-state index in [1.54, 1.807) is 0 Å². The maximum atomic E-state index is 10.5. The molecule has 0 atom stereocenters. The number of nitrogens with zero attached hydrogens (tertiary/aromatic N) is 1. The minimum absolute atomic E-state index is 0.682. The van der Waals surface area contributed by atoms with Crippen LogP contribution in [0.2, 0.25) is 5.02 Å². The number of carboxylic acids is 1. The Morgan fingerprint density at radius 1 is 1.21 bits per heavy atom. The molecule has 3 nitrogen and oxygen atoms in total. The van der Waals surface area contributed by atoms with Crippen molar-refractivity contribution in [1.29, 1.82) is 0 Å². The molecular weight excluding hydrogens is 262 g/mol. The molecule has 0 bridgehead atoms. The molecule has 0 saturated heterocycles. The van der Waals surface area contributed by atoms with Crippen LogP contribution in [-0.4, -0.2) is 16.1 Å². The van der Waals surface area contributed by atoms with E-state index in [0.29, 0.717) is 5.02 Å². The Kier molecular flexibility index (Phi) is 3.97. The van der Waals surface area contributed by atoms with Crippen LogP contribution in [-0.2, 0) is 4.79 Å². The summed E-state index contributed by atoms with van der Waals surface area (Å²) in [4.78, 5) is 14.9. The van der Waals surface area contributed by atoms with Gasteiger partial charge >= 0.3 is 5.97 Å². The molecule has 1 heterocycles. The summed E-state index contributed by atoms with van der Waals surface area (Å²) in [5, 5.41) is 9.29. The Bertz CT molecular complexity index is 633. The van der Waals surface area contributed by atoms with Crippen molar-refractivity contribution >= 4 is 23.6 Å². The van der Waals surface area contributed by atoms with Crippen LogP contribution in [0.4, 0.5) is 0 Å². The SMILES string of the molecule is Cc1nc(-c2ccc(Cl)cc2)ccc1/C=C/C(=O)O. The molecular formula is C15H12ClNO2. The molecule has 0 unspecified atom stereocenters. The number of benzene rings is 1. The fraction of sp³-hybridized carbons (Fsp3) is 0.0667. The quantitative estimate of drug-likeness (QED) is 0.865. The lowest BCUT2D eigenvalue weighted by Gasteiger charge is -2.05. The molecule has 2 aromatic rings. The highest BCUT2D eigenvalue weighted by Crippen LogP contribution is 2.21. The molecule has 0 aliphatic rings. The molecule has 0 spiro atoms. The first kappa shape index (κ1) is 13.3. The zero-order chi connectivity index (χ0) is 13.8. The van der Waals surface area contributed by atoms with Gasteiger partial charge in [-0.15, -0.1) is 0 Å². The van der Waals surface area contributed by atoms with E-state index in [1.807, 2.05) is 43.3 Å². The van der Waals surface area contributed by atoms with Gasteiger partial charge in [0, 0.05) is 22.4 Å². The zero-order valence-corrected chi connectivity index (χ0v) is 11.1. The van der Waals surface area contributed by atoms with Gasteiger partial charge in [-0.2, -0.15) is 0 Å². The second-order valence-corrected chi connectivity index (χ2v) is 4.49. The van der Waals surface area contributed by atoms with E-state index < -0.39 is 5.97 Å². The second-order valence-electron chi connectivity index (χ2n) is 4.05. The molecule has 19 heavy (non-hydrogen) atoms. The fourth-order valence-corrected chi connectivity index (χ4v) is 1.82. The van der Waals surface area contributed by atoms with Crippen LogP contribution >= 0.6 is 11.6 Å². The maximum Gasteiger partial charge on any atom is 0.328 e. The number of aryl methyl sites for hydroxylation is 1. The van der Waals surface area contributed by atoms with E-state index in [4.69, 9.17) is 16.7 Å². The van der Waals surface area contributed by atoms with Gasteiger partial charge < -0.3 is 5.11 Å². The molecule has 1 aromatic carbocycles. The van der Waals surface area contributed by atoms with Crippen molar-refractivity contribution < 1.29 is 9.90 Å². The van der Waals surface area contributed by atoms with Crippen LogP contribution in [0.5, 0.6) is 0 Å². The van der Waals surface area contributed by atoms with Crippen LogP contribution in [0.25, 0.3) is 17.3 Å².